The molecule has 0 fully saturated rings. The van der Waals surface area contributed by atoms with E-state index in [0.29, 0.717) is 0 Å². The van der Waals surface area contributed by atoms with Crippen molar-refractivity contribution in [2.24, 2.45) is 5.92 Å². The van der Waals surface area contributed by atoms with Gasteiger partial charge in [-0.15, -0.1) is 0 Å². The Balaban J connectivity index is 3.45. The average molecular weight is 168 g/mol. The molecular formula is C12H24. The molecule has 0 saturated heterocycles. The largest absolute Gasteiger partial charge is 0.0888 e. The van der Waals surface area contributed by atoms with E-state index in [1.807, 2.05) is 0 Å². The highest BCUT2D eigenvalue weighted by Gasteiger charge is 2.01. The SMILES string of the molecule is CC/C=C/CC(CC)CCCC. The Bertz CT molecular complexity index is 103. The van der Waals surface area contributed by atoms with E-state index in [1.54, 1.807) is 0 Å². The van der Waals surface area contributed by atoms with Crippen molar-refractivity contribution in [2.75, 3.05) is 0 Å². The van der Waals surface area contributed by atoms with Gasteiger partial charge < -0.3 is 0 Å². The zero-order chi connectivity index (χ0) is 9.23. The first-order valence-electron chi connectivity index (χ1n) is 5.50. The summed E-state index contributed by atoms with van der Waals surface area (Å²) in [5.74, 6) is 0.938. The monoisotopic (exact) mass is 168 g/mol. The molecule has 1 atom stereocenters. The fraction of sp³-hybridized carbons (Fsp3) is 0.833. The molecule has 72 valence electrons. The van der Waals surface area contributed by atoms with Gasteiger partial charge in [0, 0.05) is 0 Å². The minimum Gasteiger partial charge on any atom is -0.0888 e. The molecule has 0 heterocycles. The van der Waals surface area contributed by atoms with Gasteiger partial charge in [0.15, 0.2) is 0 Å². The molecule has 0 aromatic heterocycles. The smallest absolute Gasteiger partial charge is 0.0322 e. The molecule has 0 amide bonds. The molecular weight excluding hydrogens is 144 g/mol. The van der Waals surface area contributed by atoms with Crippen molar-refractivity contribution in [2.45, 2.75) is 59.3 Å². The minimum atomic E-state index is 0.938. The van der Waals surface area contributed by atoms with Gasteiger partial charge in [-0.25, -0.2) is 0 Å². The fourth-order valence-corrected chi connectivity index (χ4v) is 1.44. The summed E-state index contributed by atoms with van der Waals surface area (Å²) in [6, 6.07) is 0. The molecule has 0 aromatic carbocycles. The Kier molecular flexibility index (Phi) is 8.64. The summed E-state index contributed by atoms with van der Waals surface area (Å²) in [4.78, 5) is 0. The van der Waals surface area contributed by atoms with Gasteiger partial charge in [0.1, 0.15) is 0 Å². The zero-order valence-electron chi connectivity index (χ0n) is 8.97. The molecule has 0 radical (unpaired) electrons. The Morgan fingerprint density at radius 2 is 1.83 bits per heavy atom. The predicted octanol–water partition coefficient (Wildman–Crippen LogP) is 4.56. The topological polar surface area (TPSA) is 0 Å². The molecule has 0 spiro atoms. The highest BCUT2D eigenvalue weighted by molar-refractivity contribution is 4.82. The summed E-state index contributed by atoms with van der Waals surface area (Å²) < 4.78 is 0. The van der Waals surface area contributed by atoms with E-state index in [4.69, 9.17) is 0 Å². The standard InChI is InChI=1S/C12H24/c1-4-7-9-11-12(6-3)10-8-5-2/h7,9,12H,4-6,8,10-11H2,1-3H3/b9-7+. The zero-order valence-corrected chi connectivity index (χ0v) is 8.97. The Morgan fingerprint density at radius 3 is 2.33 bits per heavy atom. The number of allylic oxidation sites excluding steroid dienone is 2. The van der Waals surface area contributed by atoms with Crippen LogP contribution in [0.15, 0.2) is 12.2 Å². The normalized spacial score (nSPS) is 13.9. The third kappa shape index (κ3) is 6.45. The van der Waals surface area contributed by atoms with Gasteiger partial charge >= 0.3 is 0 Å². The first kappa shape index (κ1) is 11.7. The van der Waals surface area contributed by atoms with Crippen LogP contribution in [-0.2, 0) is 0 Å². The maximum atomic E-state index is 2.35. The van der Waals surface area contributed by atoms with Crippen LogP contribution in [0, 0.1) is 5.92 Å². The number of unbranched alkanes of at least 4 members (excludes halogenated alkanes) is 1. The highest BCUT2D eigenvalue weighted by atomic mass is 14.1. The second-order valence-electron chi connectivity index (χ2n) is 3.53. The van der Waals surface area contributed by atoms with Crippen molar-refractivity contribution < 1.29 is 0 Å². The van der Waals surface area contributed by atoms with Gasteiger partial charge in [0.2, 0.25) is 0 Å². The second-order valence-corrected chi connectivity index (χ2v) is 3.53. The lowest BCUT2D eigenvalue weighted by molar-refractivity contribution is 0.456. The van der Waals surface area contributed by atoms with Gasteiger partial charge in [-0.2, -0.15) is 0 Å². The van der Waals surface area contributed by atoms with E-state index in [1.165, 1.54) is 38.5 Å². The van der Waals surface area contributed by atoms with Crippen LogP contribution < -0.4 is 0 Å². The quantitative estimate of drug-likeness (QED) is 0.489. The number of rotatable bonds is 7. The highest BCUT2D eigenvalue weighted by Crippen LogP contribution is 2.16. The number of hydrogen-bond donors (Lipinski definition) is 0. The van der Waals surface area contributed by atoms with Crippen LogP contribution in [0.1, 0.15) is 59.3 Å². The maximum Gasteiger partial charge on any atom is -0.0322 e. The summed E-state index contributed by atoms with van der Waals surface area (Å²) in [6.45, 7) is 6.78. The van der Waals surface area contributed by atoms with E-state index >= 15 is 0 Å². The van der Waals surface area contributed by atoms with E-state index in [2.05, 4.69) is 32.9 Å². The molecule has 0 bridgehead atoms. The van der Waals surface area contributed by atoms with E-state index in [0.717, 1.165) is 5.92 Å². The minimum absolute atomic E-state index is 0.938. The summed E-state index contributed by atoms with van der Waals surface area (Å²) in [7, 11) is 0. The van der Waals surface area contributed by atoms with Crippen molar-refractivity contribution in [3.05, 3.63) is 12.2 Å². The van der Waals surface area contributed by atoms with Crippen LogP contribution >= 0.6 is 0 Å². The molecule has 0 aliphatic rings. The lowest BCUT2D eigenvalue weighted by Gasteiger charge is -2.10. The lowest BCUT2D eigenvalue weighted by Crippen LogP contribution is -1.96. The van der Waals surface area contributed by atoms with Crippen LogP contribution in [0.5, 0.6) is 0 Å². The molecule has 1 unspecified atom stereocenters. The van der Waals surface area contributed by atoms with Crippen LogP contribution in [0.2, 0.25) is 0 Å². The lowest BCUT2D eigenvalue weighted by atomic mass is 9.96. The van der Waals surface area contributed by atoms with Crippen LogP contribution in [-0.4, -0.2) is 0 Å². The van der Waals surface area contributed by atoms with Crippen molar-refractivity contribution in [1.29, 1.82) is 0 Å². The van der Waals surface area contributed by atoms with Crippen molar-refractivity contribution in [1.82, 2.24) is 0 Å². The van der Waals surface area contributed by atoms with Crippen LogP contribution in [0.3, 0.4) is 0 Å². The van der Waals surface area contributed by atoms with Crippen molar-refractivity contribution in [3.8, 4) is 0 Å². The molecule has 0 aliphatic carbocycles. The van der Waals surface area contributed by atoms with Gasteiger partial charge in [-0.3, -0.25) is 0 Å². The first-order chi connectivity index (χ1) is 5.85. The Labute approximate surface area is 78.1 Å². The Morgan fingerprint density at radius 1 is 1.08 bits per heavy atom. The third-order valence-electron chi connectivity index (χ3n) is 2.42. The second kappa shape index (κ2) is 8.83. The van der Waals surface area contributed by atoms with E-state index in [-0.39, 0.29) is 0 Å². The third-order valence-corrected chi connectivity index (χ3v) is 2.42. The van der Waals surface area contributed by atoms with Crippen LogP contribution in [0.4, 0.5) is 0 Å². The first-order valence-corrected chi connectivity index (χ1v) is 5.50. The van der Waals surface area contributed by atoms with Gasteiger partial charge in [-0.1, -0.05) is 58.6 Å². The summed E-state index contributed by atoms with van der Waals surface area (Å²) in [5.41, 5.74) is 0. The van der Waals surface area contributed by atoms with Crippen molar-refractivity contribution in [3.63, 3.8) is 0 Å². The van der Waals surface area contributed by atoms with Gasteiger partial charge in [0.05, 0.1) is 0 Å². The fourth-order valence-electron chi connectivity index (χ4n) is 1.44. The summed E-state index contributed by atoms with van der Waals surface area (Å²) in [6.07, 6.45) is 12.6. The molecule has 12 heavy (non-hydrogen) atoms. The van der Waals surface area contributed by atoms with Crippen molar-refractivity contribution >= 4 is 0 Å². The summed E-state index contributed by atoms with van der Waals surface area (Å²) >= 11 is 0. The molecule has 0 saturated carbocycles. The molecule has 0 heteroatoms. The van der Waals surface area contributed by atoms with Crippen LogP contribution in [0.25, 0.3) is 0 Å². The molecule has 0 aliphatic heterocycles. The molecule has 0 aromatic rings. The predicted molar refractivity (Wildman–Crippen MR) is 57.4 cm³/mol. The molecule has 0 rings (SSSR count). The maximum absolute atomic E-state index is 2.35. The Hall–Kier alpha value is -0.260. The molecule has 0 nitrogen and oxygen atoms in total. The van der Waals surface area contributed by atoms with Gasteiger partial charge in [0.25, 0.3) is 0 Å². The van der Waals surface area contributed by atoms with Gasteiger partial charge in [-0.05, 0) is 18.8 Å². The molecule has 0 N–H and O–H groups in total. The van der Waals surface area contributed by atoms with E-state index in [9.17, 15) is 0 Å². The summed E-state index contributed by atoms with van der Waals surface area (Å²) in [5, 5.41) is 0. The number of hydrogen-bond acceptors (Lipinski definition) is 0. The van der Waals surface area contributed by atoms with E-state index < -0.39 is 0 Å². The average Bonchev–Trinajstić information content (AvgIpc) is 2.11.